The fourth-order valence-electron chi connectivity index (χ4n) is 2.77. The van der Waals surface area contributed by atoms with Crippen molar-refractivity contribution >= 4 is 40.7 Å². The normalized spacial score (nSPS) is 10.9. The zero-order valence-electron chi connectivity index (χ0n) is 15.9. The van der Waals surface area contributed by atoms with Crippen molar-refractivity contribution in [2.45, 2.75) is 6.61 Å². The predicted molar refractivity (Wildman–Crippen MR) is 118 cm³/mol. The highest BCUT2D eigenvalue weighted by Crippen LogP contribution is 2.27. The molecule has 8 heteroatoms. The smallest absolute Gasteiger partial charge is 0.270 e. The van der Waals surface area contributed by atoms with Crippen LogP contribution in [0.4, 0.5) is 5.69 Å². The van der Waals surface area contributed by atoms with Gasteiger partial charge < -0.3 is 4.74 Å². The van der Waals surface area contributed by atoms with Crippen molar-refractivity contribution in [1.29, 1.82) is 5.26 Å². The van der Waals surface area contributed by atoms with E-state index in [0.717, 1.165) is 11.6 Å². The molecule has 0 saturated carbocycles. The Labute approximate surface area is 188 Å². The van der Waals surface area contributed by atoms with E-state index in [2.05, 4.69) is 0 Å². The number of hydrogen-bond donors (Lipinski definition) is 0. The molecule has 0 aliphatic rings. The van der Waals surface area contributed by atoms with Crippen LogP contribution in [0.2, 0.25) is 10.0 Å². The maximum atomic E-state index is 12.8. The Morgan fingerprint density at radius 2 is 1.81 bits per heavy atom. The number of nitriles is 1. The Morgan fingerprint density at radius 3 is 2.52 bits per heavy atom. The van der Waals surface area contributed by atoms with Gasteiger partial charge in [-0.1, -0.05) is 47.5 Å². The summed E-state index contributed by atoms with van der Waals surface area (Å²) in [5, 5.41) is 21.5. The summed E-state index contributed by atoms with van der Waals surface area (Å²) in [6.45, 7) is 0.212. The quantitative estimate of drug-likeness (QED) is 0.138. The minimum Gasteiger partial charge on any atom is -0.488 e. The largest absolute Gasteiger partial charge is 0.488 e. The predicted octanol–water partition coefficient (Wildman–Crippen LogP) is 6.27. The molecule has 154 valence electrons. The second-order valence-corrected chi connectivity index (χ2v) is 7.28. The molecule has 3 aromatic rings. The number of nitrogens with zero attached hydrogens (tertiary/aromatic N) is 2. The van der Waals surface area contributed by atoms with Crippen molar-refractivity contribution in [3.05, 3.63) is 109 Å². The number of allylic oxidation sites excluding steroid dienone is 1. The monoisotopic (exact) mass is 452 g/mol. The third-order valence-electron chi connectivity index (χ3n) is 4.24. The summed E-state index contributed by atoms with van der Waals surface area (Å²) in [6, 6.07) is 19.0. The van der Waals surface area contributed by atoms with Crippen LogP contribution in [0.5, 0.6) is 5.75 Å². The molecule has 6 nitrogen and oxygen atoms in total. The summed E-state index contributed by atoms with van der Waals surface area (Å²) >= 11 is 12.1. The van der Waals surface area contributed by atoms with Crippen molar-refractivity contribution in [1.82, 2.24) is 0 Å². The SMILES string of the molecule is N#C/C(=C\c1cc(Cl)ccc1OCc1cccc(Cl)c1)C(=O)c1cccc([N+](=O)[O-])c1. The van der Waals surface area contributed by atoms with E-state index >= 15 is 0 Å². The van der Waals surface area contributed by atoms with Gasteiger partial charge in [0.25, 0.3) is 5.69 Å². The maximum absolute atomic E-state index is 12.8. The number of rotatable bonds is 7. The molecule has 0 spiro atoms. The molecule has 3 aromatic carbocycles. The van der Waals surface area contributed by atoms with E-state index < -0.39 is 10.7 Å². The number of nitro benzene ring substituents is 1. The van der Waals surface area contributed by atoms with Crippen molar-refractivity contribution in [3.8, 4) is 11.8 Å². The average molecular weight is 453 g/mol. The van der Waals surface area contributed by atoms with Gasteiger partial charge in [-0.25, -0.2) is 0 Å². The average Bonchev–Trinajstić information content (AvgIpc) is 2.76. The molecule has 31 heavy (non-hydrogen) atoms. The van der Waals surface area contributed by atoms with Gasteiger partial charge in [-0.05, 0) is 42.0 Å². The molecule has 3 rings (SSSR count). The van der Waals surface area contributed by atoms with Crippen LogP contribution in [0, 0.1) is 21.4 Å². The lowest BCUT2D eigenvalue weighted by molar-refractivity contribution is -0.384. The van der Waals surface area contributed by atoms with Crippen LogP contribution in [0.3, 0.4) is 0 Å². The Kier molecular flexibility index (Phi) is 7.03. The number of non-ortho nitro benzene ring substituents is 1. The Hall–Kier alpha value is -3.66. The highest BCUT2D eigenvalue weighted by atomic mass is 35.5. The van der Waals surface area contributed by atoms with Gasteiger partial charge in [0, 0.05) is 33.3 Å². The van der Waals surface area contributed by atoms with Gasteiger partial charge in [0.1, 0.15) is 24.0 Å². The molecule has 0 saturated heterocycles. The van der Waals surface area contributed by atoms with Gasteiger partial charge in [0.05, 0.1) is 4.92 Å². The zero-order valence-corrected chi connectivity index (χ0v) is 17.4. The van der Waals surface area contributed by atoms with Crippen LogP contribution in [0.1, 0.15) is 21.5 Å². The molecular formula is C23H14Cl2N2O4. The van der Waals surface area contributed by atoms with Gasteiger partial charge in [-0.2, -0.15) is 5.26 Å². The summed E-state index contributed by atoms with van der Waals surface area (Å²) in [5.74, 6) is -0.240. The molecule has 0 N–H and O–H groups in total. The van der Waals surface area contributed by atoms with E-state index in [1.54, 1.807) is 36.4 Å². The van der Waals surface area contributed by atoms with Gasteiger partial charge in [-0.15, -0.1) is 0 Å². The van der Waals surface area contributed by atoms with Crippen molar-refractivity contribution < 1.29 is 14.5 Å². The van der Waals surface area contributed by atoms with Crippen LogP contribution < -0.4 is 4.74 Å². The zero-order chi connectivity index (χ0) is 22.4. The van der Waals surface area contributed by atoms with E-state index in [1.807, 2.05) is 12.1 Å². The first kappa shape index (κ1) is 22.0. The minimum absolute atomic E-state index is 0.0328. The highest BCUT2D eigenvalue weighted by molar-refractivity contribution is 6.31. The lowest BCUT2D eigenvalue weighted by Gasteiger charge is -2.11. The summed E-state index contributed by atoms with van der Waals surface area (Å²) in [7, 11) is 0. The van der Waals surface area contributed by atoms with E-state index in [-0.39, 0.29) is 23.4 Å². The molecule has 0 fully saturated rings. The number of Topliss-reactive ketones (excluding diaryl/α,β-unsaturated/α-hetero) is 1. The number of hydrogen-bond acceptors (Lipinski definition) is 5. The Balaban J connectivity index is 1.92. The van der Waals surface area contributed by atoms with Gasteiger partial charge in [-0.3, -0.25) is 14.9 Å². The second-order valence-electron chi connectivity index (χ2n) is 6.41. The van der Waals surface area contributed by atoms with Crippen molar-refractivity contribution in [2.24, 2.45) is 0 Å². The van der Waals surface area contributed by atoms with E-state index in [9.17, 15) is 20.2 Å². The number of halogens is 2. The fraction of sp³-hybridized carbons (Fsp3) is 0.0435. The lowest BCUT2D eigenvalue weighted by atomic mass is 10.0. The van der Waals surface area contributed by atoms with Gasteiger partial charge in [0.15, 0.2) is 0 Å². The number of benzene rings is 3. The topological polar surface area (TPSA) is 93.2 Å². The van der Waals surface area contributed by atoms with E-state index in [1.165, 1.54) is 24.3 Å². The molecule has 0 aliphatic carbocycles. The first-order chi connectivity index (χ1) is 14.9. The summed E-state index contributed by atoms with van der Waals surface area (Å²) in [6.07, 6.45) is 1.35. The first-order valence-corrected chi connectivity index (χ1v) is 9.70. The Morgan fingerprint density at radius 1 is 1.06 bits per heavy atom. The molecule has 0 amide bonds. The molecular weight excluding hydrogens is 439 g/mol. The van der Waals surface area contributed by atoms with Gasteiger partial charge in [0.2, 0.25) is 5.78 Å². The second kappa shape index (κ2) is 9.90. The summed E-state index contributed by atoms with van der Waals surface area (Å²) in [5.41, 5.74) is 0.840. The standard InChI is InChI=1S/C23H14Cl2N2O4/c24-19-5-1-3-15(9-19)14-31-22-8-7-20(25)11-17(22)10-18(13-26)23(28)16-4-2-6-21(12-16)27(29)30/h1-12H,14H2/b18-10+. The van der Waals surface area contributed by atoms with Crippen LogP contribution in [-0.2, 0) is 6.61 Å². The summed E-state index contributed by atoms with van der Waals surface area (Å²) in [4.78, 5) is 23.1. The molecule has 0 atom stereocenters. The van der Waals surface area contributed by atoms with Crippen molar-refractivity contribution in [3.63, 3.8) is 0 Å². The molecule has 0 bridgehead atoms. The third kappa shape index (κ3) is 5.70. The molecule has 0 heterocycles. The van der Waals surface area contributed by atoms with Gasteiger partial charge >= 0.3 is 0 Å². The number of ether oxygens (including phenoxy) is 1. The highest BCUT2D eigenvalue weighted by Gasteiger charge is 2.17. The van der Waals surface area contributed by atoms with E-state index in [0.29, 0.717) is 21.4 Å². The number of nitro groups is 1. The van der Waals surface area contributed by atoms with E-state index in [4.69, 9.17) is 27.9 Å². The molecule has 0 unspecified atom stereocenters. The van der Waals surface area contributed by atoms with Crippen LogP contribution in [0.25, 0.3) is 6.08 Å². The first-order valence-electron chi connectivity index (χ1n) is 8.95. The molecule has 0 aromatic heterocycles. The maximum Gasteiger partial charge on any atom is 0.270 e. The van der Waals surface area contributed by atoms with Crippen LogP contribution in [-0.4, -0.2) is 10.7 Å². The minimum atomic E-state index is -0.646. The molecule has 0 radical (unpaired) electrons. The Bertz CT molecular complexity index is 1230. The number of carbonyl (C=O) groups excluding carboxylic acids is 1. The summed E-state index contributed by atoms with van der Waals surface area (Å²) < 4.78 is 5.84. The fourth-order valence-corrected chi connectivity index (χ4v) is 3.17. The van der Waals surface area contributed by atoms with Crippen LogP contribution in [0.15, 0.2) is 72.3 Å². The number of carbonyl (C=O) groups is 1. The third-order valence-corrected chi connectivity index (χ3v) is 4.71. The molecule has 0 aliphatic heterocycles. The van der Waals surface area contributed by atoms with Crippen LogP contribution >= 0.6 is 23.2 Å². The van der Waals surface area contributed by atoms with Crippen molar-refractivity contribution in [2.75, 3.05) is 0 Å². The number of ketones is 1. The lowest BCUT2D eigenvalue weighted by Crippen LogP contribution is -2.03.